The summed E-state index contributed by atoms with van der Waals surface area (Å²) in [7, 11) is 1.98. The summed E-state index contributed by atoms with van der Waals surface area (Å²) < 4.78 is 1.34. The van der Waals surface area contributed by atoms with Gasteiger partial charge in [-0.15, -0.1) is 11.3 Å². The van der Waals surface area contributed by atoms with Crippen molar-refractivity contribution in [1.29, 1.82) is 0 Å². The summed E-state index contributed by atoms with van der Waals surface area (Å²) in [4.78, 5) is 8.70. The fourth-order valence-corrected chi connectivity index (χ4v) is 3.41. The van der Waals surface area contributed by atoms with Crippen molar-refractivity contribution in [1.82, 2.24) is 15.3 Å². The fraction of sp³-hybridized carbons (Fsp3) is 0.250. The van der Waals surface area contributed by atoms with Crippen LogP contribution in [0.25, 0.3) is 10.1 Å². The standard InChI is InChI=1S/C16H17N3S/c1-11-18-8-7-14(19-11)15(17-2)9-12-10-20-16-6-4-3-5-13(12)16/h3-8,10,15,17H,9H2,1-2H3. The van der Waals surface area contributed by atoms with Crippen LogP contribution in [0.3, 0.4) is 0 Å². The molecule has 0 aliphatic rings. The first-order chi connectivity index (χ1) is 9.78. The topological polar surface area (TPSA) is 37.8 Å². The molecule has 1 aromatic carbocycles. The molecule has 2 aromatic heterocycles. The maximum atomic E-state index is 4.53. The molecule has 0 bridgehead atoms. The minimum Gasteiger partial charge on any atom is -0.311 e. The lowest BCUT2D eigenvalue weighted by Crippen LogP contribution is -2.20. The lowest BCUT2D eigenvalue weighted by atomic mass is 10.0. The van der Waals surface area contributed by atoms with Gasteiger partial charge in [-0.3, -0.25) is 0 Å². The van der Waals surface area contributed by atoms with E-state index in [1.54, 1.807) is 11.3 Å². The van der Waals surface area contributed by atoms with Gasteiger partial charge in [-0.05, 0) is 48.9 Å². The third-order valence-corrected chi connectivity index (χ3v) is 4.50. The van der Waals surface area contributed by atoms with Gasteiger partial charge >= 0.3 is 0 Å². The maximum absolute atomic E-state index is 4.53. The molecular formula is C16H17N3S. The number of hydrogen-bond acceptors (Lipinski definition) is 4. The van der Waals surface area contributed by atoms with Crippen LogP contribution in [0.5, 0.6) is 0 Å². The summed E-state index contributed by atoms with van der Waals surface area (Å²) in [5, 5.41) is 6.97. The molecule has 3 aromatic rings. The van der Waals surface area contributed by atoms with Crippen molar-refractivity contribution < 1.29 is 0 Å². The molecule has 3 rings (SSSR count). The number of nitrogens with one attached hydrogen (secondary N) is 1. The number of thiophene rings is 1. The van der Waals surface area contributed by atoms with Crippen LogP contribution in [0.1, 0.15) is 23.1 Å². The second-order valence-corrected chi connectivity index (χ2v) is 5.74. The van der Waals surface area contributed by atoms with E-state index in [4.69, 9.17) is 0 Å². The van der Waals surface area contributed by atoms with Gasteiger partial charge in [-0.25, -0.2) is 9.97 Å². The van der Waals surface area contributed by atoms with Gasteiger partial charge in [0.1, 0.15) is 5.82 Å². The average Bonchev–Trinajstić information content (AvgIpc) is 2.88. The number of hydrogen-bond donors (Lipinski definition) is 1. The zero-order chi connectivity index (χ0) is 13.9. The number of rotatable bonds is 4. The molecule has 2 heterocycles. The summed E-state index contributed by atoms with van der Waals surface area (Å²) in [6, 6.07) is 10.8. The molecule has 0 aliphatic heterocycles. The van der Waals surface area contributed by atoms with Crippen molar-refractivity contribution >= 4 is 21.4 Å². The maximum Gasteiger partial charge on any atom is 0.125 e. The third-order valence-electron chi connectivity index (χ3n) is 3.49. The first-order valence-electron chi connectivity index (χ1n) is 6.70. The van der Waals surface area contributed by atoms with Gasteiger partial charge in [-0.1, -0.05) is 18.2 Å². The van der Waals surface area contributed by atoms with Crippen molar-refractivity contribution in [3.63, 3.8) is 0 Å². The molecule has 3 nitrogen and oxygen atoms in total. The Kier molecular flexibility index (Phi) is 3.76. The smallest absolute Gasteiger partial charge is 0.125 e. The molecule has 0 radical (unpaired) electrons. The Balaban J connectivity index is 1.92. The minimum atomic E-state index is 0.217. The second-order valence-electron chi connectivity index (χ2n) is 4.83. The Morgan fingerprint density at radius 2 is 2.10 bits per heavy atom. The van der Waals surface area contributed by atoms with Crippen LogP contribution in [0.15, 0.2) is 41.9 Å². The van der Waals surface area contributed by atoms with Crippen molar-refractivity contribution in [2.75, 3.05) is 7.05 Å². The molecule has 0 saturated carbocycles. The lowest BCUT2D eigenvalue weighted by molar-refractivity contribution is 0.574. The predicted molar refractivity (Wildman–Crippen MR) is 84.1 cm³/mol. The van der Waals surface area contributed by atoms with E-state index in [1.807, 2.05) is 26.2 Å². The Labute approximate surface area is 122 Å². The summed E-state index contributed by atoms with van der Waals surface area (Å²) in [6.07, 6.45) is 2.77. The number of benzene rings is 1. The molecule has 0 fully saturated rings. The van der Waals surface area contributed by atoms with Gasteiger partial charge in [0.25, 0.3) is 0 Å². The van der Waals surface area contributed by atoms with Crippen LogP contribution in [-0.2, 0) is 6.42 Å². The zero-order valence-corrected chi connectivity index (χ0v) is 12.4. The Bertz CT molecular complexity index is 720. The van der Waals surface area contributed by atoms with E-state index in [1.165, 1.54) is 15.6 Å². The number of aromatic nitrogens is 2. The minimum absolute atomic E-state index is 0.217. The van der Waals surface area contributed by atoms with Crippen LogP contribution >= 0.6 is 11.3 Å². The van der Waals surface area contributed by atoms with Crippen molar-refractivity contribution in [2.45, 2.75) is 19.4 Å². The van der Waals surface area contributed by atoms with E-state index >= 15 is 0 Å². The zero-order valence-electron chi connectivity index (χ0n) is 11.6. The molecule has 0 spiro atoms. The first kappa shape index (κ1) is 13.2. The molecule has 4 heteroatoms. The van der Waals surface area contributed by atoms with Gasteiger partial charge in [-0.2, -0.15) is 0 Å². The van der Waals surface area contributed by atoms with E-state index < -0.39 is 0 Å². The van der Waals surface area contributed by atoms with Gasteiger partial charge < -0.3 is 5.32 Å². The fourth-order valence-electron chi connectivity index (χ4n) is 2.43. The van der Waals surface area contributed by atoms with E-state index in [2.05, 4.69) is 44.9 Å². The largest absolute Gasteiger partial charge is 0.311 e. The summed E-state index contributed by atoms with van der Waals surface area (Å²) in [5.41, 5.74) is 2.43. The molecule has 1 N–H and O–H groups in total. The molecule has 1 unspecified atom stereocenters. The quantitative estimate of drug-likeness (QED) is 0.796. The molecule has 20 heavy (non-hydrogen) atoms. The van der Waals surface area contributed by atoms with Crippen LogP contribution in [0, 0.1) is 6.92 Å². The van der Waals surface area contributed by atoms with Crippen LogP contribution < -0.4 is 5.32 Å². The highest BCUT2D eigenvalue weighted by molar-refractivity contribution is 7.17. The van der Waals surface area contributed by atoms with Crippen LogP contribution in [-0.4, -0.2) is 17.0 Å². The number of aryl methyl sites for hydroxylation is 1. The molecule has 0 amide bonds. The SMILES string of the molecule is CNC(Cc1csc2ccccc12)c1ccnc(C)n1. The summed E-state index contributed by atoms with van der Waals surface area (Å²) in [5.74, 6) is 0.818. The van der Waals surface area contributed by atoms with Crippen LogP contribution in [0.4, 0.5) is 0 Å². The van der Waals surface area contributed by atoms with E-state index in [9.17, 15) is 0 Å². The normalized spacial score (nSPS) is 12.7. The number of fused-ring (bicyclic) bond motifs is 1. The highest BCUT2D eigenvalue weighted by atomic mass is 32.1. The molecule has 0 saturated heterocycles. The monoisotopic (exact) mass is 283 g/mol. The Morgan fingerprint density at radius 3 is 2.90 bits per heavy atom. The first-order valence-corrected chi connectivity index (χ1v) is 7.58. The van der Waals surface area contributed by atoms with Crippen molar-refractivity contribution in [2.24, 2.45) is 0 Å². The third kappa shape index (κ3) is 2.57. The number of nitrogens with zero attached hydrogens (tertiary/aromatic N) is 2. The highest BCUT2D eigenvalue weighted by Crippen LogP contribution is 2.28. The number of likely N-dealkylation sites (N-methyl/N-ethyl adjacent to an activating group) is 1. The lowest BCUT2D eigenvalue weighted by Gasteiger charge is -2.15. The van der Waals surface area contributed by atoms with Crippen molar-refractivity contribution in [3.8, 4) is 0 Å². The molecular weight excluding hydrogens is 266 g/mol. The van der Waals surface area contributed by atoms with Gasteiger partial charge in [0.15, 0.2) is 0 Å². The van der Waals surface area contributed by atoms with E-state index in [-0.39, 0.29) is 6.04 Å². The summed E-state index contributed by atoms with van der Waals surface area (Å²) >= 11 is 1.80. The Hall–Kier alpha value is -1.78. The van der Waals surface area contributed by atoms with Gasteiger partial charge in [0, 0.05) is 10.9 Å². The van der Waals surface area contributed by atoms with E-state index in [0.29, 0.717) is 0 Å². The second kappa shape index (κ2) is 5.69. The van der Waals surface area contributed by atoms with Gasteiger partial charge in [0.2, 0.25) is 0 Å². The highest BCUT2D eigenvalue weighted by Gasteiger charge is 2.14. The predicted octanol–water partition coefficient (Wildman–Crippen LogP) is 3.50. The van der Waals surface area contributed by atoms with E-state index in [0.717, 1.165) is 17.9 Å². The molecule has 1 atom stereocenters. The molecule has 0 aliphatic carbocycles. The van der Waals surface area contributed by atoms with Crippen LogP contribution in [0.2, 0.25) is 0 Å². The molecule has 102 valence electrons. The average molecular weight is 283 g/mol. The van der Waals surface area contributed by atoms with Crippen molar-refractivity contribution in [3.05, 3.63) is 59.0 Å². The van der Waals surface area contributed by atoms with Gasteiger partial charge in [0.05, 0.1) is 11.7 Å². The summed E-state index contributed by atoms with van der Waals surface area (Å²) in [6.45, 7) is 1.93. The Morgan fingerprint density at radius 1 is 1.25 bits per heavy atom.